The Morgan fingerprint density at radius 1 is 1.36 bits per heavy atom. The summed E-state index contributed by atoms with van der Waals surface area (Å²) in [5.74, 6) is 2.74. The van der Waals surface area contributed by atoms with E-state index in [1.165, 1.54) is 31.3 Å². The number of hydrogen-bond donors (Lipinski definition) is 0. The van der Waals surface area contributed by atoms with Crippen molar-refractivity contribution < 1.29 is 0 Å². The Labute approximate surface area is 88.1 Å². The second-order valence-electron chi connectivity index (χ2n) is 5.31. The van der Waals surface area contributed by atoms with Gasteiger partial charge in [0.1, 0.15) is 0 Å². The maximum Gasteiger partial charge on any atom is -0.00264 e. The van der Waals surface area contributed by atoms with Crippen LogP contribution in [0.5, 0.6) is 0 Å². The quantitative estimate of drug-likeness (QED) is 0.619. The minimum atomic E-state index is 0.863. The van der Waals surface area contributed by atoms with E-state index in [2.05, 4.69) is 27.4 Å². The van der Waals surface area contributed by atoms with Gasteiger partial charge in [-0.1, -0.05) is 39.3 Å². The second-order valence-corrected chi connectivity index (χ2v) is 5.31. The third kappa shape index (κ3) is 1.80. The highest BCUT2D eigenvalue weighted by atomic mass is 14.5. The van der Waals surface area contributed by atoms with Crippen molar-refractivity contribution in [2.45, 2.75) is 46.5 Å². The summed E-state index contributed by atoms with van der Waals surface area (Å²) in [4.78, 5) is 0. The summed E-state index contributed by atoms with van der Waals surface area (Å²) in [6.45, 7) is 11.0. The molecule has 0 aromatic carbocycles. The second kappa shape index (κ2) is 3.56. The fraction of sp³-hybridized carbons (Fsp3) is 0.714. The van der Waals surface area contributed by atoms with Crippen LogP contribution in [-0.4, -0.2) is 0 Å². The van der Waals surface area contributed by atoms with Crippen molar-refractivity contribution in [1.29, 1.82) is 0 Å². The SMILES string of the molecule is C=C1CC1=C1C(CC)C1CCC(C)C. The van der Waals surface area contributed by atoms with Crippen LogP contribution in [0.1, 0.15) is 46.5 Å². The summed E-state index contributed by atoms with van der Waals surface area (Å²) in [6.07, 6.45) is 5.38. The van der Waals surface area contributed by atoms with Gasteiger partial charge in [-0.05, 0) is 48.2 Å². The van der Waals surface area contributed by atoms with Gasteiger partial charge in [-0.2, -0.15) is 0 Å². The number of rotatable bonds is 4. The minimum absolute atomic E-state index is 0.863. The predicted octanol–water partition coefficient (Wildman–Crippen LogP) is 4.34. The molecule has 2 saturated carbocycles. The van der Waals surface area contributed by atoms with E-state index in [1.54, 1.807) is 11.1 Å². The molecule has 2 aliphatic carbocycles. The van der Waals surface area contributed by atoms with Crippen LogP contribution in [0, 0.1) is 17.8 Å². The van der Waals surface area contributed by atoms with E-state index in [9.17, 15) is 0 Å². The topological polar surface area (TPSA) is 0 Å². The molecule has 0 aromatic rings. The lowest BCUT2D eigenvalue weighted by Crippen LogP contribution is -1.89. The first-order valence-electron chi connectivity index (χ1n) is 6.06. The summed E-state index contributed by atoms with van der Waals surface area (Å²) in [5, 5.41) is 0. The fourth-order valence-electron chi connectivity index (χ4n) is 2.68. The summed E-state index contributed by atoms with van der Waals surface area (Å²) < 4.78 is 0. The van der Waals surface area contributed by atoms with E-state index < -0.39 is 0 Å². The van der Waals surface area contributed by atoms with Gasteiger partial charge in [-0.15, -0.1) is 0 Å². The molecule has 0 aromatic heterocycles. The van der Waals surface area contributed by atoms with E-state index >= 15 is 0 Å². The molecule has 0 N–H and O–H groups in total. The molecule has 2 atom stereocenters. The summed E-state index contributed by atoms with van der Waals surface area (Å²) in [7, 11) is 0. The zero-order valence-electron chi connectivity index (χ0n) is 9.77. The molecule has 0 amide bonds. The fourth-order valence-corrected chi connectivity index (χ4v) is 2.68. The van der Waals surface area contributed by atoms with E-state index in [0.717, 1.165) is 17.8 Å². The highest BCUT2D eigenvalue weighted by Crippen LogP contribution is 2.58. The highest BCUT2D eigenvalue weighted by molar-refractivity contribution is 5.57. The van der Waals surface area contributed by atoms with Crippen molar-refractivity contribution in [2.75, 3.05) is 0 Å². The van der Waals surface area contributed by atoms with Crippen LogP contribution in [0.4, 0.5) is 0 Å². The van der Waals surface area contributed by atoms with Gasteiger partial charge < -0.3 is 0 Å². The van der Waals surface area contributed by atoms with Crippen molar-refractivity contribution in [2.24, 2.45) is 17.8 Å². The van der Waals surface area contributed by atoms with Gasteiger partial charge in [0.2, 0.25) is 0 Å². The average Bonchev–Trinajstić information content (AvgIpc) is 2.97. The van der Waals surface area contributed by atoms with Gasteiger partial charge in [-0.25, -0.2) is 0 Å². The molecule has 0 bridgehead atoms. The molecule has 0 nitrogen and oxygen atoms in total. The Hall–Kier alpha value is -0.520. The zero-order chi connectivity index (χ0) is 10.3. The van der Waals surface area contributed by atoms with Gasteiger partial charge in [0, 0.05) is 0 Å². The van der Waals surface area contributed by atoms with Gasteiger partial charge in [0.15, 0.2) is 0 Å². The largest absolute Gasteiger partial charge is 0.0952 e. The average molecular weight is 190 g/mol. The van der Waals surface area contributed by atoms with Crippen LogP contribution >= 0.6 is 0 Å². The van der Waals surface area contributed by atoms with Crippen LogP contribution in [0.25, 0.3) is 0 Å². The summed E-state index contributed by atoms with van der Waals surface area (Å²) in [6, 6.07) is 0. The Bertz CT molecular complexity index is 280. The third-order valence-corrected chi connectivity index (χ3v) is 3.71. The van der Waals surface area contributed by atoms with Crippen LogP contribution in [0.2, 0.25) is 0 Å². The lowest BCUT2D eigenvalue weighted by atomic mass is 10.0. The van der Waals surface area contributed by atoms with Crippen LogP contribution < -0.4 is 0 Å². The van der Waals surface area contributed by atoms with Gasteiger partial charge >= 0.3 is 0 Å². The molecule has 2 rings (SSSR count). The molecule has 0 saturated heterocycles. The molecule has 78 valence electrons. The van der Waals surface area contributed by atoms with Crippen molar-refractivity contribution in [3.63, 3.8) is 0 Å². The van der Waals surface area contributed by atoms with Crippen LogP contribution in [0.3, 0.4) is 0 Å². The molecule has 2 aliphatic rings. The molecule has 0 radical (unpaired) electrons. The monoisotopic (exact) mass is 190 g/mol. The zero-order valence-corrected chi connectivity index (χ0v) is 9.77. The normalized spacial score (nSPS) is 35.3. The van der Waals surface area contributed by atoms with E-state index in [4.69, 9.17) is 0 Å². The van der Waals surface area contributed by atoms with Crippen LogP contribution in [-0.2, 0) is 0 Å². The van der Waals surface area contributed by atoms with Gasteiger partial charge in [0.05, 0.1) is 0 Å². The van der Waals surface area contributed by atoms with Gasteiger partial charge in [0.25, 0.3) is 0 Å². The Morgan fingerprint density at radius 2 is 2.00 bits per heavy atom. The van der Waals surface area contributed by atoms with Crippen molar-refractivity contribution in [3.05, 3.63) is 23.3 Å². The third-order valence-electron chi connectivity index (χ3n) is 3.71. The Balaban J connectivity index is 1.92. The summed E-state index contributed by atoms with van der Waals surface area (Å²) >= 11 is 0. The molecule has 0 aliphatic heterocycles. The molecule has 2 fully saturated rings. The molecule has 0 heteroatoms. The predicted molar refractivity (Wildman–Crippen MR) is 62.1 cm³/mol. The Morgan fingerprint density at radius 3 is 2.43 bits per heavy atom. The molecular formula is C14H22. The molecule has 0 spiro atoms. The standard InChI is InChI=1S/C14H22/c1-5-11-12(7-6-9(2)3)14(11)13-8-10(13)4/h9,11-12H,4-8H2,1-3H3. The maximum absolute atomic E-state index is 4.05. The minimum Gasteiger partial charge on any atom is -0.0952 e. The first-order chi connectivity index (χ1) is 6.65. The molecular weight excluding hydrogens is 168 g/mol. The Kier molecular flexibility index (Phi) is 2.55. The molecule has 0 heterocycles. The van der Waals surface area contributed by atoms with E-state index in [1.807, 2.05) is 0 Å². The smallest absolute Gasteiger partial charge is 0.00264 e. The summed E-state index contributed by atoms with van der Waals surface area (Å²) in [5.41, 5.74) is 4.86. The van der Waals surface area contributed by atoms with Gasteiger partial charge in [-0.3, -0.25) is 0 Å². The molecule has 2 unspecified atom stereocenters. The first-order valence-corrected chi connectivity index (χ1v) is 6.06. The van der Waals surface area contributed by atoms with E-state index in [0.29, 0.717) is 0 Å². The van der Waals surface area contributed by atoms with Crippen LogP contribution in [0.15, 0.2) is 23.3 Å². The van der Waals surface area contributed by atoms with Crippen molar-refractivity contribution in [1.82, 2.24) is 0 Å². The lowest BCUT2D eigenvalue weighted by Gasteiger charge is -2.01. The maximum atomic E-state index is 4.05. The molecule has 14 heavy (non-hydrogen) atoms. The first kappa shape index (κ1) is 10.0. The highest BCUT2D eigenvalue weighted by Gasteiger charge is 2.46. The van der Waals surface area contributed by atoms with Crippen molar-refractivity contribution >= 4 is 0 Å². The number of hydrogen-bond acceptors (Lipinski definition) is 0. The number of allylic oxidation sites excluding steroid dienone is 3. The lowest BCUT2D eigenvalue weighted by molar-refractivity contribution is 0.508. The van der Waals surface area contributed by atoms with Crippen molar-refractivity contribution in [3.8, 4) is 0 Å². The van der Waals surface area contributed by atoms with E-state index in [-0.39, 0.29) is 0 Å².